The number of hydrogen-bond acceptors (Lipinski definition) is 3. The van der Waals surface area contributed by atoms with E-state index in [9.17, 15) is 9.59 Å². The highest BCUT2D eigenvalue weighted by Crippen LogP contribution is 2.04. The standard InChI is InChI=1S/C15H20N2O3/c1-11(2)9-14(19)17-10-12-3-5-13(6-4-12)15(20)16-7-8-18/h3-6,9,18H,7-8,10H2,1-2H3,(H,16,20)(H,17,19). The zero-order valence-electron chi connectivity index (χ0n) is 11.8. The fourth-order valence-electron chi connectivity index (χ4n) is 1.55. The molecule has 0 heterocycles. The average Bonchev–Trinajstić information content (AvgIpc) is 2.42. The molecule has 0 bridgehead atoms. The molecular formula is C15H20N2O3. The predicted octanol–water partition coefficient (Wildman–Crippen LogP) is 0.991. The van der Waals surface area contributed by atoms with E-state index in [2.05, 4.69) is 10.6 Å². The van der Waals surface area contributed by atoms with Crippen molar-refractivity contribution in [2.24, 2.45) is 0 Å². The molecule has 108 valence electrons. The zero-order valence-corrected chi connectivity index (χ0v) is 11.8. The number of allylic oxidation sites excluding steroid dienone is 1. The largest absolute Gasteiger partial charge is 0.395 e. The van der Waals surface area contributed by atoms with Gasteiger partial charge in [-0.05, 0) is 31.5 Å². The van der Waals surface area contributed by atoms with E-state index in [4.69, 9.17) is 5.11 Å². The molecule has 0 aliphatic heterocycles. The van der Waals surface area contributed by atoms with Crippen molar-refractivity contribution in [3.8, 4) is 0 Å². The van der Waals surface area contributed by atoms with Crippen LogP contribution in [0, 0.1) is 0 Å². The lowest BCUT2D eigenvalue weighted by Crippen LogP contribution is -2.26. The summed E-state index contributed by atoms with van der Waals surface area (Å²) in [6.45, 7) is 4.29. The van der Waals surface area contributed by atoms with Gasteiger partial charge in [-0.2, -0.15) is 0 Å². The summed E-state index contributed by atoms with van der Waals surface area (Å²) >= 11 is 0. The minimum atomic E-state index is -0.223. The molecule has 3 N–H and O–H groups in total. The van der Waals surface area contributed by atoms with Gasteiger partial charge in [0.05, 0.1) is 6.61 Å². The van der Waals surface area contributed by atoms with Crippen molar-refractivity contribution in [2.75, 3.05) is 13.2 Å². The minimum Gasteiger partial charge on any atom is -0.395 e. The summed E-state index contributed by atoms with van der Waals surface area (Å²) in [5.41, 5.74) is 2.38. The number of hydrogen-bond donors (Lipinski definition) is 3. The summed E-state index contributed by atoms with van der Waals surface area (Å²) < 4.78 is 0. The highest BCUT2D eigenvalue weighted by atomic mass is 16.3. The molecule has 0 aliphatic carbocycles. The molecule has 5 heteroatoms. The molecule has 0 atom stereocenters. The van der Waals surface area contributed by atoms with Gasteiger partial charge in [0.25, 0.3) is 5.91 Å². The average molecular weight is 276 g/mol. The molecule has 0 spiro atoms. The maximum absolute atomic E-state index is 11.6. The Hall–Kier alpha value is -2.14. The third-order valence-corrected chi connectivity index (χ3v) is 2.50. The van der Waals surface area contributed by atoms with Crippen molar-refractivity contribution in [2.45, 2.75) is 20.4 Å². The van der Waals surface area contributed by atoms with Crippen LogP contribution < -0.4 is 10.6 Å². The second-order valence-corrected chi connectivity index (χ2v) is 4.62. The third-order valence-electron chi connectivity index (χ3n) is 2.50. The van der Waals surface area contributed by atoms with Crippen LogP contribution >= 0.6 is 0 Å². The molecule has 5 nitrogen and oxygen atoms in total. The highest BCUT2D eigenvalue weighted by Gasteiger charge is 2.04. The van der Waals surface area contributed by atoms with E-state index in [0.29, 0.717) is 12.1 Å². The molecular weight excluding hydrogens is 256 g/mol. The molecule has 0 saturated carbocycles. The number of nitrogens with one attached hydrogen (secondary N) is 2. The Morgan fingerprint density at radius 3 is 2.35 bits per heavy atom. The van der Waals surface area contributed by atoms with Crippen molar-refractivity contribution in [3.05, 3.63) is 47.0 Å². The number of aliphatic hydroxyl groups is 1. The topological polar surface area (TPSA) is 78.4 Å². The number of aliphatic hydroxyl groups excluding tert-OH is 1. The van der Waals surface area contributed by atoms with Crippen LogP contribution in [0.15, 0.2) is 35.9 Å². The second-order valence-electron chi connectivity index (χ2n) is 4.62. The zero-order chi connectivity index (χ0) is 15.0. The van der Waals surface area contributed by atoms with Gasteiger partial charge in [0.1, 0.15) is 0 Å². The summed E-state index contributed by atoms with van der Waals surface area (Å²) in [6.07, 6.45) is 1.54. The lowest BCUT2D eigenvalue weighted by atomic mass is 10.1. The molecule has 0 saturated heterocycles. The van der Waals surface area contributed by atoms with Crippen LogP contribution in [-0.2, 0) is 11.3 Å². The monoisotopic (exact) mass is 276 g/mol. The van der Waals surface area contributed by atoms with Crippen molar-refractivity contribution < 1.29 is 14.7 Å². The number of amides is 2. The Morgan fingerprint density at radius 2 is 1.80 bits per heavy atom. The van der Waals surface area contributed by atoms with Crippen molar-refractivity contribution in [1.29, 1.82) is 0 Å². The summed E-state index contributed by atoms with van der Waals surface area (Å²) in [6, 6.07) is 6.96. The molecule has 0 fully saturated rings. The number of carbonyl (C=O) groups is 2. The smallest absolute Gasteiger partial charge is 0.251 e. The van der Waals surface area contributed by atoms with Crippen molar-refractivity contribution in [1.82, 2.24) is 10.6 Å². The van der Waals surface area contributed by atoms with E-state index in [1.807, 2.05) is 13.8 Å². The van der Waals surface area contributed by atoms with Crippen LogP contribution in [0.3, 0.4) is 0 Å². The first-order valence-electron chi connectivity index (χ1n) is 6.43. The first kappa shape index (κ1) is 15.9. The number of carbonyl (C=O) groups excluding carboxylic acids is 2. The molecule has 1 aromatic rings. The summed E-state index contributed by atoms with van der Waals surface area (Å²) in [5, 5.41) is 14.0. The normalized spacial score (nSPS) is 9.75. The Labute approximate surface area is 118 Å². The molecule has 2 amide bonds. The molecule has 1 rings (SSSR count). The number of benzene rings is 1. The van der Waals surface area contributed by atoms with Crippen molar-refractivity contribution in [3.63, 3.8) is 0 Å². The summed E-state index contributed by atoms with van der Waals surface area (Å²) in [4.78, 5) is 23.0. The van der Waals surface area contributed by atoms with Gasteiger partial charge in [-0.15, -0.1) is 0 Å². The second kappa shape index (κ2) is 8.12. The minimum absolute atomic E-state index is 0.0831. The highest BCUT2D eigenvalue weighted by molar-refractivity contribution is 5.94. The van der Waals surface area contributed by atoms with Crippen LogP contribution in [0.1, 0.15) is 29.8 Å². The van der Waals surface area contributed by atoms with Crippen LogP contribution in [-0.4, -0.2) is 30.1 Å². The first-order chi connectivity index (χ1) is 9.52. The Bertz CT molecular complexity index is 488. The Balaban J connectivity index is 2.52. The van der Waals surface area contributed by atoms with Gasteiger partial charge >= 0.3 is 0 Å². The Kier molecular flexibility index (Phi) is 6.46. The summed E-state index contributed by atoms with van der Waals surface area (Å²) in [7, 11) is 0. The van der Waals surface area contributed by atoms with E-state index in [-0.39, 0.29) is 25.0 Å². The third kappa shape index (κ3) is 5.67. The molecule has 0 unspecified atom stereocenters. The fraction of sp³-hybridized carbons (Fsp3) is 0.333. The number of rotatable bonds is 6. The van der Waals surface area contributed by atoms with Gasteiger partial charge in [0, 0.05) is 24.7 Å². The Morgan fingerprint density at radius 1 is 1.15 bits per heavy atom. The molecule has 0 aliphatic rings. The van der Waals surface area contributed by atoms with Gasteiger partial charge < -0.3 is 15.7 Å². The van der Waals surface area contributed by atoms with E-state index >= 15 is 0 Å². The first-order valence-corrected chi connectivity index (χ1v) is 6.43. The van der Waals surface area contributed by atoms with E-state index in [1.165, 1.54) is 6.08 Å². The molecule has 0 radical (unpaired) electrons. The lowest BCUT2D eigenvalue weighted by Gasteiger charge is -2.06. The van der Waals surface area contributed by atoms with Crippen LogP contribution in [0.4, 0.5) is 0 Å². The molecule has 1 aromatic carbocycles. The molecule has 0 aromatic heterocycles. The van der Waals surface area contributed by atoms with Gasteiger partial charge in [0.2, 0.25) is 5.91 Å². The SMILES string of the molecule is CC(C)=CC(=O)NCc1ccc(C(=O)NCCO)cc1. The quantitative estimate of drug-likeness (QED) is 0.678. The van der Waals surface area contributed by atoms with Gasteiger partial charge in [0.15, 0.2) is 0 Å². The predicted molar refractivity (Wildman–Crippen MR) is 77.1 cm³/mol. The van der Waals surface area contributed by atoms with Gasteiger partial charge in [-0.1, -0.05) is 17.7 Å². The molecule has 20 heavy (non-hydrogen) atoms. The van der Waals surface area contributed by atoms with Crippen LogP contribution in [0.5, 0.6) is 0 Å². The van der Waals surface area contributed by atoms with Crippen LogP contribution in [0.2, 0.25) is 0 Å². The van der Waals surface area contributed by atoms with Crippen LogP contribution in [0.25, 0.3) is 0 Å². The van der Waals surface area contributed by atoms with Gasteiger partial charge in [-0.3, -0.25) is 9.59 Å². The lowest BCUT2D eigenvalue weighted by molar-refractivity contribution is -0.116. The van der Waals surface area contributed by atoms with Gasteiger partial charge in [-0.25, -0.2) is 0 Å². The van der Waals surface area contributed by atoms with E-state index in [1.54, 1.807) is 24.3 Å². The van der Waals surface area contributed by atoms with E-state index in [0.717, 1.165) is 11.1 Å². The maximum Gasteiger partial charge on any atom is 0.251 e. The fourth-order valence-corrected chi connectivity index (χ4v) is 1.55. The maximum atomic E-state index is 11.6. The van der Waals surface area contributed by atoms with E-state index < -0.39 is 0 Å². The summed E-state index contributed by atoms with van der Waals surface area (Å²) in [5.74, 6) is -0.353. The van der Waals surface area contributed by atoms with Crippen molar-refractivity contribution >= 4 is 11.8 Å².